The predicted molar refractivity (Wildman–Crippen MR) is 102 cm³/mol. The first-order chi connectivity index (χ1) is 12.0. The monoisotopic (exact) mass is 335 g/mol. The number of pyridine rings is 1. The van der Waals surface area contributed by atoms with Gasteiger partial charge >= 0.3 is 0 Å². The van der Waals surface area contributed by atoms with Crippen molar-refractivity contribution in [3.05, 3.63) is 65.1 Å². The summed E-state index contributed by atoms with van der Waals surface area (Å²) in [6, 6.07) is 11.8. The number of benzene rings is 1. The fourth-order valence-corrected chi connectivity index (χ4v) is 3.14. The van der Waals surface area contributed by atoms with Crippen molar-refractivity contribution < 1.29 is 4.79 Å². The number of carbonyl (C=O) groups excluding carboxylic acids is 1. The number of para-hydroxylation sites is 1. The van der Waals surface area contributed by atoms with Gasteiger partial charge in [-0.3, -0.25) is 4.79 Å². The third kappa shape index (κ3) is 3.29. The first-order valence-corrected chi connectivity index (χ1v) is 8.93. The van der Waals surface area contributed by atoms with Crippen molar-refractivity contribution in [3.63, 3.8) is 0 Å². The van der Waals surface area contributed by atoms with E-state index < -0.39 is 0 Å². The first kappa shape index (κ1) is 17.2. The minimum absolute atomic E-state index is 0.0937. The van der Waals surface area contributed by atoms with Gasteiger partial charge in [-0.2, -0.15) is 0 Å². The molecule has 0 aliphatic heterocycles. The molecule has 1 N–H and O–H groups in total. The van der Waals surface area contributed by atoms with E-state index in [1.807, 2.05) is 47.9 Å². The van der Waals surface area contributed by atoms with Crippen LogP contribution in [0, 0.1) is 6.92 Å². The Bertz CT molecular complexity index is 911. The highest BCUT2D eigenvalue weighted by atomic mass is 16.1. The van der Waals surface area contributed by atoms with Crippen LogP contribution in [0.3, 0.4) is 0 Å². The second-order valence-corrected chi connectivity index (χ2v) is 6.49. The number of imidazole rings is 1. The lowest BCUT2D eigenvalue weighted by Gasteiger charge is -2.15. The number of carbonyl (C=O) groups is 1. The molecule has 0 saturated heterocycles. The Morgan fingerprint density at radius 2 is 1.96 bits per heavy atom. The summed E-state index contributed by atoms with van der Waals surface area (Å²) in [7, 11) is 0. The van der Waals surface area contributed by atoms with Gasteiger partial charge in [-0.05, 0) is 49.4 Å². The van der Waals surface area contributed by atoms with Gasteiger partial charge in [0.15, 0.2) is 0 Å². The van der Waals surface area contributed by atoms with Crippen molar-refractivity contribution in [2.24, 2.45) is 0 Å². The Labute approximate surface area is 148 Å². The summed E-state index contributed by atoms with van der Waals surface area (Å²) in [4.78, 5) is 17.4. The highest BCUT2D eigenvalue weighted by molar-refractivity contribution is 6.04. The van der Waals surface area contributed by atoms with E-state index >= 15 is 0 Å². The lowest BCUT2D eigenvalue weighted by Crippen LogP contribution is -2.14. The molecular formula is C21H25N3O. The molecule has 0 aliphatic rings. The molecule has 0 bridgehead atoms. The Hall–Kier alpha value is -2.62. The normalized spacial score (nSPS) is 12.3. The molecule has 0 aliphatic carbocycles. The molecular weight excluding hydrogens is 310 g/mol. The summed E-state index contributed by atoms with van der Waals surface area (Å²) >= 11 is 0. The number of anilines is 1. The largest absolute Gasteiger partial charge is 0.322 e. The fraction of sp³-hybridized carbons (Fsp3) is 0.333. The van der Waals surface area contributed by atoms with Crippen molar-refractivity contribution in [1.82, 2.24) is 9.38 Å². The second-order valence-electron chi connectivity index (χ2n) is 6.49. The fourth-order valence-electron chi connectivity index (χ4n) is 3.14. The van der Waals surface area contributed by atoms with Crippen LogP contribution in [-0.4, -0.2) is 15.3 Å². The Kier molecular flexibility index (Phi) is 4.88. The molecule has 25 heavy (non-hydrogen) atoms. The van der Waals surface area contributed by atoms with Crippen LogP contribution in [0.1, 0.15) is 60.4 Å². The van der Waals surface area contributed by atoms with E-state index in [1.54, 1.807) is 0 Å². The van der Waals surface area contributed by atoms with Crippen LogP contribution in [0.5, 0.6) is 0 Å². The maximum Gasteiger partial charge on any atom is 0.257 e. The molecule has 0 spiro atoms. The van der Waals surface area contributed by atoms with Crippen molar-refractivity contribution in [2.75, 3.05) is 5.32 Å². The predicted octanol–water partition coefficient (Wildman–Crippen LogP) is 4.97. The van der Waals surface area contributed by atoms with Crippen molar-refractivity contribution in [3.8, 4) is 0 Å². The number of rotatable bonds is 5. The van der Waals surface area contributed by atoms with Gasteiger partial charge in [0.25, 0.3) is 5.91 Å². The van der Waals surface area contributed by atoms with E-state index in [0.29, 0.717) is 11.5 Å². The summed E-state index contributed by atoms with van der Waals surface area (Å²) in [6.07, 6.45) is 3.79. The van der Waals surface area contributed by atoms with E-state index in [2.05, 4.69) is 37.1 Å². The third-order valence-corrected chi connectivity index (χ3v) is 4.90. The van der Waals surface area contributed by atoms with Crippen LogP contribution in [0.2, 0.25) is 0 Å². The molecule has 1 atom stereocenters. The van der Waals surface area contributed by atoms with E-state index in [-0.39, 0.29) is 5.91 Å². The number of nitrogens with zero attached hydrogens (tertiary/aromatic N) is 2. The number of hydrogen-bond donors (Lipinski definition) is 1. The first-order valence-electron chi connectivity index (χ1n) is 8.93. The number of aromatic nitrogens is 2. The Morgan fingerprint density at radius 3 is 2.68 bits per heavy atom. The smallest absolute Gasteiger partial charge is 0.257 e. The molecule has 130 valence electrons. The van der Waals surface area contributed by atoms with Gasteiger partial charge in [0.1, 0.15) is 5.65 Å². The SMILES string of the molecule is CCc1nc2ccc(C(=O)Nc3ccccc3C(C)CC)cn2c1C. The van der Waals surface area contributed by atoms with Crippen LogP contribution in [-0.2, 0) is 6.42 Å². The van der Waals surface area contributed by atoms with E-state index in [0.717, 1.165) is 35.6 Å². The highest BCUT2D eigenvalue weighted by Gasteiger charge is 2.14. The standard InChI is InChI=1S/C21H25N3O/c1-5-14(3)17-9-7-8-10-19(17)23-21(25)16-11-12-20-22-18(6-2)15(4)24(20)13-16/h7-14H,5-6H2,1-4H3,(H,23,25). The Morgan fingerprint density at radius 1 is 1.20 bits per heavy atom. The van der Waals surface area contributed by atoms with Gasteiger partial charge < -0.3 is 9.72 Å². The zero-order chi connectivity index (χ0) is 18.0. The molecule has 1 unspecified atom stereocenters. The summed E-state index contributed by atoms with van der Waals surface area (Å²) in [5.74, 6) is 0.311. The minimum Gasteiger partial charge on any atom is -0.322 e. The molecule has 2 heterocycles. The van der Waals surface area contributed by atoms with Gasteiger partial charge in [0, 0.05) is 17.6 Å². The van der Waals surface area contributed by atoms with Crippen molar-refractivity contribution >= 4 is 17.2 Å². The summed E-state index contributed by atoms with van der Waals surface area (Å²) in [6.45, 7) is 8.47. The van der Waals surface area contributed by atoms with E-state index in [9.17, 15) is 4.79 Å². The van der Waals surface area contributed by atoms with Crippen molar-refractivity contribution in [1.29, 1.82) is 0 Å². The van der Waals surface area contributed by atoms with Gasteiger partial charge in [0.2, 0.25) is 0 Å². The number of nitrogens with one attached hydrogen (secondary N) is 1. The molecule has 0 fully saturated rings. The maximum absolute atomic E-state index is 12.8. The van der Waals surface area contributed by atoms with Gasteiger partial charge in [-0.25, -0.2) is 4.98 Å². The summed E-state index contributed by atoms with van der Waals surface area (Å²) in [5, 5.41) is 3.07. The average molecular weight is 335 g/mol. The lowest BCUT2D eigenvalue weighted by molar-refractivity contribution is 0.102. The van der Waals surface area contributed by atoms with Gasteiger partial charge in [-0.15, -0.1) is 0 Å². The number of fused-ring (bicyclic) bond motifs is 1. The number of aryl methyl sites for hydroxylation is 2. The zero-order valence-electron chi connectivity index (χ0n) is 15.3. The quantitative estimate of drug-likeness (QED) is 0.715. The molecule has 1 aromatic carbocycles. The molecule has 4 nitrogen and oxygen atoms in total. The molecule has 0 saturated carbocycles. The van der Waals surface area contributed by atoms with Crippen LogP contribution >= 0.6 is 0 Å². The highest BCUT2D eigenvalue weighted by Crippen LogP contribution is 2.27. The van der Waals surface area contributed by atoms with Crippen molar-refractivity contribution in [2.45, 2.75) is 46.5 Å². The third-order valence-electron chi connectivity index (χ3n) is 4.90. The van der Waals surface area contributed by atoms with Gasteiger partial charge in [-0.1, -0.05) is 39.0 Å². The Balaban J connectivity index is 1.92. The summed E-state index contributed by atoms with van der Waals surface area (Å²) in [5.41, 5.74) is 5.73. The second kappa shape index (κ2) is 7.09. The molecule has 1 amide bonds. The summed E-state index contributed by atoms with van der Waals surface area (Å²) < 4.78 is 1.99. The van der Waals surface area contributed by atoms with Gasteiger partial charge in [0.05, 0.1) is 11.3 Å². The van der Waals surface area contributed by atoms with Crippen LogP contribution < -0.4 is 5.32 Å². The number of amides is 1. The lowest BCUT2D eigenvalue weighted by atomic mass is 9.97. The molecule has 2 aromatic heterocycles. The average Bonchev–Trinajstić information content (AvgIpc) is 2.97. The van der Waals surface area contributed by atoms with Crippen LogP contribution in [0.4, 0.5) is 5.69 Å². The molecule has 0 radical (unpaired) electrons. The van der Waals surface area contributed by atoms with Crippen LogP contribution in [0.25, 0.3) is 5.65 Å². The van der Waals surface area contributed by atoms with E-state index in [4.69, 9.17) is 0 Å². The molecule has 3 rings (SSSR count). The zero-order valence-corrected chi connectivity index (χ0v) is 15.3. The van der Waals surface area contributed by atoms with Crippen LogP contribution in [0.15, 0.2) is 42.6 Å². The maximum atomic E-state index is 12.8. The molecule has 3 aromatic rings. The topological polar surface area (TPSA) is 46.4 Å². The van der Waals surface area contributed by atoms with E-state index in [1.165, 1.54) is 5.56 Å². The number of hydrogen-bond acceptors (Lipinski definition) is 2. The minimum atomic E-state index is -0.0937. The molecule has 4 heteroatoms.